The molecular weight excluding hydrogens is 344 g/mol. The number of nitrogens with zero attached hydrogens (tertiary/aromatic N) is 3. The number of terminal acetylenes is 1. The molecule has 2 heterocycles. The minimum absolute atomic E-state index is 0.0251. The monoisotopic (exact) mass is 368 g/mol. The number of piperazine rings is 1. The predicted molar refractivity (Wildman–Crippen MR) is 102 cm³/mol. The summed E-state index contributed by atoms with van der Waals surface area (Å²) in [5.41, 5.74) is 2.16. The zero-order valence-corrected chi connectivity index (χ0v) is 15.7. The van der Waals surface area contributed by atoms with Gasteiger partial charge in [0.05, 0.1) is 11.1 Å². The van der Waals surface area contributed by atoms with Gasteiger partial charge in [0.2, 0.25) is 5.91 Å². The van der Waals surface area contributed by atoms with E-state index in [1.165, 1.54) is 0 Å². The molecule has 27 heavy (non-hydrogen) atoms. The van der Waals surface area contributed by atoms with Gasteiger partial charge in [0, 0.05) is 32.1 Å². The van der Waals surface area contributed by atoms with E-state index in [0.717, 1.165) is 11.3 Å². The molecular formula is C20H24N4O3. The van der Waals surface area contributed by atoms with Crippen molar-refractivity contribution in [2.24, 2.45) is 0 Å². The zero-order valence-electron chi connectivity index (χ0n) is 15.7. The average Bonchev–Trinajstić information content (AvgIpc) is 3.12. The molecule has 1 aromatic carbocycles. The van der Waals surface area contributed by atoms with Gasteiger partial charge in [0.25, 0.3) is 5.91 Å². The molecule has 1 aliphatic heterocycles. The van der Waals surface area contributed by atoms with E-state index in [-0.39, 0.29) is 30.9 Å². The third-order valence-corrected chi connectivity index (χ3v) is 4.64. The van der Waals surface area contributed by atoms with E-state index in [1.807, 2.05) is 12.1 Å². The van der Waals surface area contributed by atoms with E-state index in [9.17, 15) is 9.59 Å². The van der Waals surface area contributed by atoms with E-state index in [1.54, 1.807) is 15.9 Å². The van der Waals surface area contributed by atoms with E-state index < -0.39 is 0 Å². The minimum Gasteiger partial charge on any atom is -0.359 e. The lowest BCUT2D eigenvalue weighted by molar-refractivity contribution is -0.137. The third-order valence-electron chi connectivity index (χ3n) is 4.64. The Morgan fingerprint density at radius 3 is 2.63 bits per heavy atom. The molecule has 2 amide bonds. The second-order valence-corrected chi connectivity index (χ2v) is 6.85. The smallest absolute Gasteiger partial charge is 0.256 e. The first-order valence-corrected chi connectivity index (χ1v) is 9.08. The van der Waals surface area contributed by atoms with Crippen molar-refractivity contribution >= 4 is 22.8 Å². The van der Waals surface area contributed by atoms with E-state index in [4.69, 9.17) is 11.2 Å². The van der Waals surface area contributed by atoms with Crippen LogP contribution in [-0.2, 0) is 9.53 Å². The molecule has 0 atom stereocenters. The Morgan fingerprint density at radius 1 is 1.26 bits per heavy atom. The summed E-state index contributed by atoms with van der Waals surface area (Å²) in [6.07, 6.45) is 5.11. The molecule has 0 saturated carbocycles. The van der Waals surface area contributed by atoms with Gasteiger partial charge in [-0.05, 0) is 12.1 Å². The first-order valence-electron chi connectivity index (χ1n) is 9.08. The maximum absolute atomic E-state index is 13.0. The molecule has 3 rings (SSSR count). The maximum Gasteiger partial charge on any atom is 0.256 e. The molecule has 2 aromatic rings. The summed E-state index contributed by atoms with van der Waals surface area (Å²) < 4.78 is 5.09. The largest absolute Gasteiger partial charge is 0.359 e. The number of ether oxygens (including phenoxy) is 1. The Labute approximate surface area is 158 Å². The molecule has 1 fully saturated rings. The van der Waals surface area contributed by atoms with Crippen molar-refractivity contribution < 1.29 is 14.3 Å². The second kappa shape index (κ2) is 8.23. The summed E-state index contributed by atoms with van der Waals surface area (Å²) in [4.78, 5) is 36.4. The summed E-state index contributed by atoms with van der Waals surface area (Å²) in [6.45, 7) is 6.15. The zero-order chi connectivity index (χ0) is 19.4. The van der Waals surface area contributed by atoms with Crippen LogP contribution in [-0.4, -0.2) is 71.0 Å². The van der Waals surface area contributed by atoms with Crippen molar-refractivity contribution in [3.63, 3.8) is 0 Å². The fraction of sp³-hybridized carbons (Fsp3) is 0.450. The highest BCUT2D eigenvalue weighted by atomic mass is 16.5. The number of aromatic amines is 1. The van der Waals surface area contributed by atoms with Gasteiger partial charge in [0.15, 0.2) is 0 Å². The number of fused-ring (bicyclic) bond motifs is 1. The highest BCUT2D eigenvalue weighted by molar-refractivity contribution is 6.05. The lowest BCUT2D eigenvalue weighted by Gasteiger charge is -2.34. The summed E-state index contributed by atoms with van der Waals surface area (Å²) in [5.74, 6) is 3.30. The number of nitrogens with one attached hydrogen (secondary N) is 1. The van der Waals surface area contributed by atoms with Crippen LogP contribution in [0.25, 0.3) is 11.0 Å². The number of carbonyl (C=O) groups is 2. The van der Waals surface area contributed by atoms with E-state index >= 15 is 0 Å². The van der Waals surface area contributed by atoms with Gasteiger partial charge in [-0.15, -0.1) is 6.42 Å². The van der Waals surface area contributed by atoms with Gasteiger partial charge in [0.1, 0.15) is 24.6 Å². The Bertz CT molecular complexity index is 873. The number of rotatable bonds is 5. The molecule has 0 radical (unpaired) electrons. The van der Waals surface area contributed by atoms with Crippen molar-refractivity contribution in [1.82, 2.24) is 19.8 Å². The van der Waals surface area contributed by atoms with Crippen LogP contribution < -0.4 is 0 Å². The summed E-state index contributed by atoms with van der Waals surface area (Å²) >= 11 is 0. The van der Waals surface area contributed by atoms with Crippen molar-refractivity contribution in [3.05, 3.63) is 29.6 Å². The van der Waals surface area contributed by atoms with Gasteiger partial charge in [-0.1, -0.05) is 25.8 Å². The molecule has 142 valence electrons. The number of aromatic nitrogens is 2. The molecule has 0 aliphatic carbocycles. The fourth-order valence-corrected chi connectivity index (χ4v) is 3.12. The lowest BCUT2D eigenvalue weighted by Crippen LogP contribution is -2.51. The van der Waals surface area contributed by atoms with Crippen molar-refractivity contribution in [2.45, 2.75) is 19.8 Å². The first-order chi connectivity index (χ1) is 13.0. The van der Waals surface area contributed by atoms with E-state index in [2.05, 4.69) is 29.7 Å². The molecule has 1 N–H and O–H groups in total. The SMILES string of the molecule is C#CCOCC(=O)N1CCN(C(=O)c2cccc3[nH]c(C(C)C)nc23)CC1. The topological polar surface area (TPSA) is 78.5 Å². The number of carbonyl (C=O) groups excluding carboxylic acids is 2. The van der Waals surface area contributed by atoms with Crippen molar-refractivity contribution in [3.8, 4) is 12.3 Å². The van der Waals surface area contributed by atoms with Crippen molar-refractivity contribution in [1.29, 1.82) is 0 Å². The third kappa shape index (κ3) is 4.12. The Kier molecular flexibility index (Phi) is 5.77. The van der Waals surface area contributed by atoms with Gasteiger partial charge < -0.3 is 19.5 Å². The quantitative estimate of drug-likeness (QED) is 0.643. The van der Waals surface area contributed by atoms with Crippen molar-refractivity contribution in [2.75, 3.05) is 39.4 Å². The van der Waals surface area contributed by atoms with Crippen LogP contribution >= 0.6 is 0 Å². The molecule has 1 aliphatic rings. The van der Waals surface area contributed by atoms with Gasteiger partial charge in [-0.2, -0.15) is 0 Å². The van der Waals surface area contributed by atoms with Crippen LogP contribution in [0, 0.1) is 12.3 Å². The van der Waals surface area contributed by atoms with E-state index in [0.29, 0.717) is 37.3 Å². The second-order valence-electron chi connectivity index (χ2n) is 6.85. The van der Waals surface area contributed by atoms with Crippen LogP contribution in [0.5, 0.6) is 0 Å². The molecule has 0 bridgehead atoms. The predicted octanol–water partition coefficient (Wildman–Crippen LogP) is 1.62. The summed E-state index contributed by atoms with van der Waals surface area (Å²) in [7, 11) is 0. The standard InChI is InChI=1S/C20H24N4O3/c1-4-12-27-13-17(25)23-8-10-24(11-9-23)20(26)15-6-5-7-16-18(15)22-19(21-16)14(2)3/h1,5-7,14H,8-13H2,2-3H3,(H,21,22). The minimum atomic E-state index is -0.103. The molecule has 0 spiro atoms. The summed E-state index contributed by atoms with van der Waals surface area (Å²) in [5, 5.41) is 0. The molecule has 7 heteroatoms. The molecule has 1 aromatic heterocycles. The molecule has 1 saturated heterocycles. The molecule has 7 nitrogen and oxygen atoms in total. The van der Waals surface area contributed by atoms with Gasteiger partial charge >= 0.3 is 0 Å². The van der Waals surface area contributed by atoms with Crippen LogP contribution in [0.3, 0.4) is 0 Å². The number of imidazole rings is 1. The highest BCUT2D eigenvalue weighted by Gasteiger charge is 2.26. The molecule has 0 unspecified atom stereocenters. The van der Waals surface area contributed by atoms with Crippen LogP contribution in [0.4, 0.5) is 0 Å². The average molecular weight is 368 g/mol. The number of hydrogen-bond acceptors (Lipinski definition) is 4. The normalized spacial score (nSPS) is 14.6. The fourth-order valence-electron chi connectivity index (χ4n) is 3.12. The summed E-state index contributed by atoms with van der Waals surface area (Å²) in [6, 6.07) is 5.60. The highest BCUT2D eigenvalue weighted by Crippen LogP contribution is 2.22. The van der Waals surface area contributed by atoms with Gasteiger partial charge in [-0.25, -0.2) is 4.98 Å². The van der Waals surface area contributed by atoms with Crippen LogP contribution in [0.15, 0.2) is 18.2 Å². The number of benzene rings is 1. The first kappa shape index (κ1) is 18.9. The number of hydrogen-bond donors (Lipinski definition) is 1. The maximum atomic E-state index is 13.0. The van der Waals surface area contributed by atoms with Gasteiger partial charge in [-0.3, -0.25) is 9.59 Å². The Balaban J connectivity index is 1.67. The van der Waals surface area contributed by atoms with Crippen LogP contribution in [0.2, 0.25) is 0 Å². The Morgan fingerprint density at radius 2 is 1.96 bits per heavy atom. The van der Waals surface area contributed by atoms with Crippen LogP contribution in [0.1, 0.15) is 35.9 Å². The number of para-hydroxylation sites is 1. The number of H-pyrrole nitrogens is 1. The Hall–Kier alpha value is -2.85. The lowest BCUT2D eigenvalue weighted by atomic mass is 10.1. The number of amides is 2.